The quantitative estimate of drug-likeness (QED) is 0.884. The molecule has 0 aliphatic carbocycles. The summed E-state index contributed by atoms with van der Waals surface area (Å²) in [5.74, 6) is 0. The summed E-state index contributed by atoms with van der Waals surface area (Å²) in [7, 11) is -1.94. The minimum Gasteiger partial charge on any atom is -0.390 e. The van der Waals surface area contributed by atoms with Crippen LogP contribution in [0.15, 0.2) is 41.4 Å². The fourth-order valence-corrected chi connectivity index (χ4v) is 3.09. The molecule has 1 heterocycles. The Kier molecular flexibility index (Phi) is 4.15. The Morgan fingerprint density at radius 2 is 2.05 bits per heavy atom. The topological polar surface area (TPSA) is 71.3 Å². The third-order valence-electron chi connectivity index (χ3n) is 3.14. The number of benzene rings is 1. The van der Waals surface area contributed by atoms with Crippen molar-refractivity contribution in [3.8, 4) is 0 Å². The maximum Gasteiger partial charge on any atom is 0.263 e. The third kappa shape index (κ3) is 3.02. The maximum atomic E-state index is 12.3. The predicted molar refractivity (Wildman–Crippen MR) is 78.0 cm³/mol. The SMILES string of the molecule is CCc1cccc(NS(=O)(=O)c2cc(CO)n(C)c2)c1. The van der Waals surface area contributed by atoms with Crippen LogP contribution in [0, 0.1) is 0 Å². The highest BCUT2D eigenvalue weighted by Gasteiger charge is 2.17. The number of aryl methyl sites for hydroxylation is 2. The van der Waals surface area contributed by atoms with Gasteiger partial charge in [-0.15, -0.1) is 0 Å². The smallest absolute Gasteiger partial charge is 0.263 e. The van der Waals surface area contributed by atoms with Crippen molar-refractivity contribution in [2.24, 2.45) is 7.05 Å². The molecule has 1 aromatic carbocycles. The molecule has 0 fully saturated rings. The second-order valence-corrected chi connectivity index (χ2v) is 6.28. The van der Waals surface area contributed by atoms with E-state index in [1.54, 1.807) is 17.7 Å². The van der Waals surface area contributed by atoms with Crippen LogP contribution in [0.3, 0.4) is 0 Å². The summed E-state index contributed by atoms with van der Waals surface area (Å²) < 4.78 is 28.7. The second kappa shape index (κ2) is 5.68. The molecule has 2 rings (SSSR count). The lowest BCUT2D eigenvalue weighted by atomic mass is 10.1. The van der Waals surface area contributed by atoms with Gasteiger partial charge in [-0.1, -0.05) is 19.1 Å². The Bertz CT molecular complexity index is 705. The van der Waals surface area contributed by atoms with Crippen molar-refractivity contribution in [1.82, 2.24) is 4.57 Å². The summed E-state index contributed by atoms with van der Waals surface area (Å²) in [4.78, 5) is 0.144. The van der Waals surface area contributed by atoms with Crippen LogP contribution in [-0.2, 0) is 30.1 Å². The van der Waals surface area contributed by atoms with E-state index in [4.69, 9.17) is 5.11 Å². The Hall–Kier alpha value is -1.79. The number of aliphatic hydroxyl groups is 1. The second-order valence-electron chi connectivity index (χ2n) is 4.60. The molecular weight excluding hydrogens is 276 g/mol. The van der Waals surface area contributed by atoms with E-state index in [1.165, 1.54) is 12.3 Å². The number of aromatic nitrogens is 1. The van der Waals surface area contributed by atoms with Gasteiger partial charge in [0.2, 0.25) is 0 Å². The van der Waals surface area contributed by atoms with Crippen LogP contribution in [-0.4, -0.2) is 18.1 Å². The fraction of sp³-hybridized carbons (Fsp3) is 0.286. The number of hydrogen-bond donors (Lipinski definition) is 2. The number of nitrogens with one attached hydrogen (secondary N) is 1. The minimum absolute atomic E-state index is 0.144. The standard InChI is InChI=1S/C14H18N2O3S/c1-3-11-5-4-6-12(7-11)15-20(18,19)14-8-13(10-17)16(2)9-14/h4-9,15,17H,3,10H2,1-2H3. The number of anilines is 1. The first kappa shape index (κ1) is 14.6. The number of nitrogens with zero attached hydrogens (tertiary/aromatic N) is 1. The minimum atomic E-state index is -3.63. The normalized spacial score (nSPS) is 11.6. The molecule has 0 aliphatic heterocycles. The summed E-state index contributed by atoms with van der Waals surface area (Å²) in [6, 6.07) is 8.76. The van der Waals surface area contributed by atoms with Gasteiger partial charge in [0, 0.05) is 24.6 Å². The number of sulfonamides is 1. The first-order valence-corrected chi connectivity index (χ1v) is 7.82. The van der Waals surface area contributed by atoms with Crippen molar-refractivity contribution >= 4 is 15.7 Å². The lowest BCUT2D eigenvalue weighted by Crippen LogP contribution is -2.12. The van der Waals surface area contributed by atoms with E-state index in [0.29, 0.717) is 11.4 Å². The monoisotopic (exact) mass is 294 g/mol. The largest absolute Gasteiger partial charge is 0.390 e. The Morgan fingerprint density at radius 3 is 2.65 bits per heavy atom. The highest BCUT2D eigenvalue weighted by Crippen LogP contribution is 2.19. The molecule has 0 atom stereocenters. The van der Waals surface area contributed by atoms with Gasteiger partial charge in [0.1, 0.15) is 4.90 Å². The number of rotatable bonds is 5. The van der Waals surface area contributed by atoms with E-state index in [1.807, 2.05) is 25.1 Å². The maximum absolute atomic E-state index is 12.3. The van der Waals surface area contributed by atoms with Crippen molar-refractivity contribution in [1.29, 1.82) is 0 Å². The molecule has 2 aromatic rings. The van der Waals surface area contributed by atoms with Gasteiger partial charge in [-0.05, 0) is 30.2 Å². The zero-order valence-electron chi connectivity index (χ0n) is 11.5. The van der Waals surface area contributed by atoms with Crippen LogP contribution in [0.25, 0.3) is 0 Å². The Labute approximate surface area is 118 Å². The van der Waals surface area contributed by atoms with E-state index in [2.05, 4.69) is 4.72 Å². The van der Waals surface area contributed by atoms with E-state index >= 15 is 0 Å². The molecule has 6 heteroatoms. The molecule has 0 saturated carbocycles. The first-order chi connectivity index (χ1) is 9.46. The average molecular weight is 294 g/mol. The van der Waals surface area contributed by atoms with Gasteiger partial charge in [0.05, 0.1) is 6.61 Å². The fourth-order valence-electron chi connectivity index (χ4n) is 1.95. The zero-order chi connectivity index (χ0) is 14.8. The molecular formula is C14H18N2O3S. The first-order valence-electron chi connectivity index (χ1n) is 6.34. The molecule has 0 saturated heterocycles. The van der Waals surface area contributed by atoms with Crippen LogP contribution in [0.4, 0.5) is 5.69 Å². The molecule has 0 spiro atoms. The van der Waals surface area contributed by atoms with Crippen LogP contribution in [0.5, 0.6) is 0 Å². The van der Waals surface area contributed by atoms with Crippen LogP contribution in [0.1, 0.15) is 18.2 Å². The van der Waals surface area contributed by atoms with Crippen molar-refractivity contribution in [3.05, 3.63) is 47.8 Å². The van der Waals surface area contributed by atoms with Gasteiger partial charge in [-0.3, -0.25) is 4.72 Å². The van der Waals surface area contributed by atoms with Crippen molar-refractivity contribution < 1.29 is 13.5 Å². The van der Waals surface area contributed by atoms with Gasteiger partial charge < -0.3 is 9.67 Å². The predicted octanol–water partition coefficient (Wildman–Crippen LogP) is 1.88. The van der Waals surface area contributed by atoms with Gasteiger partial charge in [-0.2, -0.15) is 0 Å². The molecule has 0 aliphatic rings. The molecule has 1 aromatic heterocycles. The van der Waals surface area contributed by atoms with E-state index in [0.717, 1.165) is 12.0 Å². The summed E-state index contributed by atoms with van der Waals surface area (Å²) in [5.41, 5.74) is 2.15. The van der Waals surface area contributed by atoms with Crippen molar-refractivity contribution in [2.75, 3.05) is 4.72 Å². The van der Waals surface area contributed by atoms with Crippen LogP contribution >= 0.6 is 0 Å². The van der Waals surface area contributed by atoms with Gasteiger partial charge >= 0.3 is 0 Å². The van der Waals surface area contributed by atoms with E-state index < -0.39 is 10.0 Å². The lowest BCUT2D eigenvalue weighted by Gasteiger charge is -2.07. The third-order valence-corrected chi connectivity index (χ3v) is 4.49. The van der Waals surface area contributed by atoms with E-state index in [-0.39, 0.29) is 11.5 Å². The van der Waals surface area contributed by atoms with Gasteiger partial charge in [0.15, 0.2) is 0 Å². The van der Waals surface area contributed by atoms with Crippen molar-refractivity contribution in [2.45, 2.75) is 24.8 Å². The summed E-state index contributed by atoms with van der Waals surface area (Å²) in [6.07, 6.45) is 2.33. The van der Waals surface area contributed by atoms with Crippen LogP contribution in [0.2, 0.25) is 0 Å². The average Bonchev–Trinajstić information content (AvgIpc) is 2.80. The zero-order valence-corrected chi connectivity index (χ0v) is 12.3. The van der Waals surface area contributed by atoms with Crippen molar-refractivity contribution in [3.63, 3.8) is 0 Å². The summed E-state index contributed by atoms with van der Waals surface area (Å²) in [5, 5.41) is 9.12. The highest BCUT2D eigenvalue weighted by atomic mass is 32.2. The highest BCUT2D eigenvalue weighted by molar-refractivity contribution is 7.92. The molecule has 0 radical (unpaired) electrons. The summed E-state index contributed by atoms with van der Waals surface area (Å²) >= 11 is 0. The lowest BCUT2D eigenvalue weighted by molar-refractivity contribution is 0.272. The summed E-state index contributed by atoms with van der Waals surface area (Å²) in [6.45, 7) is 1.82. The molecule has 0 bridgehead atoms. The molecule has 108 valence electrons. The molecule has 20 heavy (non-hydrogen) atoms. The Balaban J connectivity index is 2.30. The van der Waals surface area contributed by atoms with Gasteiger partial charge in [0.25, 0.3) is 10.0 Å². The molecule has 0 amide bonds. The number of aliphatic hydroxyl groups excluding tert-OH is 1. The number of hydrogen-bond acceptors (Lipinski definition) is 3. The Morgan fingerprint density at radius 1 is 1.30 bits per heavy atom. The molecule has 5 nitrogen and oxygen atoms in total. The molecule has 0 unspecified atom stereocenters. The molecule has 2 N–H and O–H groups in total. The van der Waals surface area contributed by atoms with E-state index in [9.17, 15) is 8.42 Å². The van der Waals surface area contributed by atoms with Crippen LogP contribution < -0.4 is 4.72 Å². The van der Waals surface area contributed by atoms with Gasteiger partial charge in [-0.25, -0.2) is 8.42 Å².